The summed E-state index contributed by atoms with van der Waals surface area (Å²) in [6, 6.07) is -0.218. The molecule has 2 amide bonds. The van der Waals surface area contributed by atoms with Crippen LogP contribution in [0.5, 0.6) is 0 Å². The Hall–Kier alpha value is -0.910. The predicted molar refractivity (Wildman–Crippen MR) is 73.0 cm³/mol. The minimum Gasteiger partial charge on any atom is -0.480 e. The highest BCUT2D eigenvalue weighted by Gasteiger charge is 2.34. The zero-order chi connectivity index (χ0) is 13.6. The third-order valence-electron chi connectivity index (χ3n) is 3.11. The summed E-state index contributed by atoms with van der Waals surface area (Å²) < 4.78 is 0. The van der Waals surface area contributed by atoms with Gasteiger partial charge < -0.3 is 15.7 Å². The van der Waals surface area contributed by atoms with E-state index in [1.54, 1.807) is 6.92 Å². The third kappa shape index (κ3) is 4.40. The quantitative estimate of drug-likeness (QED) is 0.714. The second-order valence-corrected chi connectivity index (χ2v) is 6.05. The van der Waals surface area contributed by atoms with E-state index < -0.39 is 11.5 Å². The molecule has 1 heterocycles. The Labute approximate surface area is 112 Å². The fraction of sp³-hybridized carbons (Fsp3) is 0.833. The van der Waals surface area contributed by atoms with Crippen LogP contribution in [0, 0.1) is 0 Å². The summed E-state index contributed by atoms with van der Waals surface area (Å²) in [4.78, 5) is 23.0. The van der Waals surface area contributed by atoms with Crippen LogP contribution in [0.25, 0.3) is 0 Å². The Morgan fingerprint density at radius 1 is 1.50 bits per heavy atom. The molecule has 0 spiro atoms. The highest BCUT2D eigenvalue weighted by molar-refractivity contribution is 7.99. The molecule has 104 valence electrons. The summed E-state index contributed by atoms with van der Waals surface area (Å²) in [6.07, 6.45) is 3.20. The van der Waals surface area contributed by atoms with Crippen LogP contribution in [-0.4, -0.2) is 40.2 Å². The Kier molecular flexibility index (Phi) is 5.78. The van der Waals surface area contributed by atoms with Gasteiger partial charge in [-0.3, -0.25) is 0 Å². The molecule has 1 saturated heterocycles. The summed E-state index contributed by atoms with van der Waals surface area (Å²) >= 11 is 1.82. The van der Waals surface area contributed by atoms with Crippen LogP contribution in [0.4, 0.5) is 4.79 Å². The fourth-order valence-corrected chi connectivity index (χ4v) is 3.12. The number of carboxylic acids is 1. The third-order valence-corrected chi connectivity index (χ3v) is 4.32. The van der Waals surface area contributed by atoms with Crippen molar-refractivity contribution in [2.24, 2.45) is 0 Å². The van der Waals surface area contributed by atoms with Gasteiger partial charge in [-0.15, -0.1) is 0 Å². The van der Waals surface area contributed by atoms with Gasteiger partial charge in [0.15, 0.2) is 0 Å². The molecule has 1 aliphatic rings. The number of urea groups is 1. The number of aliphatic carboxylic acids is 1. The number of carbonyl (C=O) groups excluding carboxylic acids is 1. The Morgan fingerprint density at radius 3 is 2.72 bits per heavy atom. The Bertz CT molecular complexity index is 306. The molecule has 1 fully saturated rings. The van der Waals surface area contributed by atoms with Gasteiger partial charge in [0.1, 0.15) is 5.54 Å². The van der Waals surface area contributed by atoms with E-state index in [9.17, 15) is 14.7 Å². The van der Waals surface area contributed by atoms with E-state index in [0.717, 1.165) is 24.3 Å². The van der Waals surface area contributed by atoms with E-state index in [2.05, 4.69) is 10.6 Å². The monoisotopic (exact) mass is 274 g/mol. The minimum absolute atomic E-state index is 0.156. The van der Waals surface area contributed by atoms with Gasteiger partial charge in [0.05, 0.1) is 0 Å². The summed E-state index contributed by atoms with van der Waals surface area (Å²) in [5, 5.41) is 14.6. The normalized spacial score (nSPS) is 22.9. The summed E-state index contributed by atoms with van der Waals surface area (Å²) in [5.41, 5.74) is -1.18. The number of carboxylic acid groups (broad SMARTS) is 1. The lowest BCUT2D eigenvalue weighted by Crippen LogP contribution is -2.57. The highest BCUT2D eigenvalue weighted by Crippen LogP contribution is 2.17. The molecule has 0 bridgehead atoms. The zero-order valence-corrected chi connectivity index (χ0v) is 11.8. The van der Waals surface area contributed by atoms with Crippen LogP contribution < -0.4 is 10.6 Å². The van der Waals surface area contributed by atoms with Gasteiger partial charge >= 0.3 is 12.0 Å². The van der Waals surface area contributed by atoms with Gasteiger partial charge in [0, 0.05) is 11.8 Å². The minimum atomic E-state index is -1.18. The van der Waals surface area contributed by atoms with E-state index in [1.807, 2.05) is 18.7 Å². The first kappa shape index (κ1) is 15.1. The molecule has 6 heteroatoms. The van der Waals surface area contributed by atoms with E-state index in [1.165, 1.54) is 0 Å². The second-order valence-electron chi connectivity index (χ2n) is 4.90. The molecule has 3 N–H and O–H groups in total. The standard InChI is InChI=1S/C12H22N2O3S/c1-3-6-12(2,10(15)16)14-11(17)13-9-5-4-7-18-8-9/h9H,3-8H2,1-2H3,(H,15,16)(H2,13,14,17). The molecule has 18 heavy (non-hydrogen) atoms. The highest BCUT2D eigenvalue weighted by atomic mass is 32.2. The van der Waals surface area contributed by atoms with Crippen molar-refractivity contribution in [1.29, 1.82) is 0 Å². The molecule has 2 atom stereocenters. The predicted octanol–water partition coefficient (Wildman–Crippen LogP) is 1.82. The number of carbonyl (C=O) groups is 2. The lowest BCUT2D eigenvalue weighted by Gasteiger charge is -2.28. The van der Waals surface area contributed by atoms with Crippen molar-refractivity contribution >= 4 is 23.8 Å². The number of hydrogen-bond donors (Lipinski definition) is 3. The van der Waals surface area contributed by atoms with Gasteiger partial charge in [-0.05, 0) is 31.9 Å². The molecule has 0 aromatic carbocycles. The van der Waals surface area contributed by atoms with E-state index in [4.69, 9.17) is 0 Å². The van der Waals surface area contributed by atoms with Crippen molar-refractivity contribution in [2.45, 2.75) is 51.1 Å². The SMILES string of the molecule is CCCC(C)(NC(=O)NC1CCCSC1)C(=O)O. The first-order chi connectivity index (χ1) is 8.48. The smallest absolute Gasteiger partial charge is 0.329 e. The van der Waals surface area contributed by atoms with Gasteiger partial charge in [0.2, 0.25) is 0 Å². The molecule has 0 radical (unpaired) electrons. The maximum Gasteiger partial charge on any atom is 0.329 e. The molecular formula is C12H22N2O3S. The molecule has 2 unspecified atom stereocenters. The largest absolute Gasteiger partial charge is 0.480 e. The molecule has 1 aliphatic heterocycles. The maximum absolute atomic E-state index is 11.8. The number of rotatable bonds is 5. The van der Waals surface area contributed by atoms with Gasteiger partial charge in [-0.1, -0.05) is 13.3 Å². The van der Waals surface area contributed by atoms with E-state index in [0.29, 0.717) is 12.8 Å². The molecule has 0 aliphatic carbocycles. The molecule has 0 aromatic heterocycles. The lowest BCUT2D eigenvalue weighted by molar-refractivity contribution is -0.144. The molecule has 0 saturated carbocycles. The first-order valence-corrected chi connectivity index (χ1v) is 7.53. The molecule has 0 aromatic rings. The molecular weight excluding hydrogens is 252 g/mol. The van der Waals surface area contributed by atoms with E-state index in [-0.39, 0.29) is 12.1 Å². The summed E-state index contributed by atoms with van der Waals surface area (Å²) in [5.74, 6) is 1.06. The topological polar surface area (TPSA) is 78.4 Å². The second kappa shape index (κ2) is 6.87. The van der Waals surface area contributed by atoms with Crippen LogP contribution in [0.1, 0.15) is 39.5 Å². The average molecular weight is 274 g/mol. The number of hydrogen-bond acceptors (Lipinski definition) is 3. The number of thioether (sulfide) groups is 1. The number of nitrogens with one attached hydrogen (secondary N) is 2. The van der Waals surface area contributed by atoms with Crippen molar-refractivity contribution in [3.63, 3.8) is 0 Å². The van der Waals surface area contributed by atoms with Crippen LogP contribution in [0.15, 0.2) is 0 Å². The van der Waals surface area contributed by atoms with Crippen LogP contribution >= 0.6 is 11.8 Å². The summed E-state index contributed by atoms with van der Waals surface area (Å²) in [7, 11) is 0. The van der Waals surface area contributed by atoms with Crippen LogP contribution in [0.2, 0.25) is 0 Å². The van der Waals surface area contributed by atoms with Crippen molar-refractivity contribution in [3.05, 3.63) is 0 Å². The van der Waals surface area contributed by atoms with Crippen LogP contribution in [0.3, 0.4) is 0 Å². The fourth-order valence-electron chi connectivity index (χ4n) is 2.05. The van der Waals surface area contributed by atoms with Crippen molar-refractivity contribution in [3.8, 4) is 0 Å². The van der Waals surface area contributed by atoms with Crippen molar-refractivity contribution in [2.75, 3.05) is 11.5 Å². The number of amides is 2. The van der Waals surface area contributed by atoms with Gasteiger partial charge in [-0.25, -0.2) is 9.59 Å². The zero-order valence-electron chi connectivity index (χ0n) is 11.0. The van der Waals surface area contributed by atoms with Gasteiger partial charge in [-0.2, -0.15) is 11.8 Å². The molecule has 1 rings (SSSR count). The van der Waals surface area contributed by atoms with Crippen molar-refractivity contribution in [1.82, 2.24) is 10.6 Å². The first-order valence-electron chi connectivity index (χ1n) is 6.38. The average Bonchev–Trinajstić information content (AvgIpc) is 2.30. The molecule has 5 nitrogen and oxygen atoms in total. The Balaban J connectivity index is 2.48. The summed E-state index contributed by atoms with van der Waals surface area (Å²) in [6.45, 7) is 3.45. The van der Waals surface area contributed by atoms with Crippen LogP contribution in [-0.2, 0) is 4.79 Å². The lowest BCUT2D eigenvalue weighted by atomic mass is 9.96. The van der Waals surface area contributed by atoms with Gasteiger partial charge in [0.25, 0.3) is 0 Å². The van der Waals surface area contributed by atoms with E-state index >= 15 is 0 Å². The van der Waals surface area contributed by atoms with Crippen molar-refractivity contribution < 1.29 is 14.7 Å². The Morgan fingerprint density at radius 2 is 2.22 bits per heavy atom. The maximum atomic E-state index is 11.8.